The molecule has 1 saturated heterocycles. The molecule has 3 aliphatic carbocycles. The maximum atomic E-state index is 13.4. The zero-order chi connectivity index (χ0) is 27.1. The quantitative estimate of drug-likeness (QED) is 0.601. The summed E-state index contributed by atoms with van der Waals surface area (Å²) in [4.78, 5) is 18.0. The summed E-state index contributed by atoms with van der Waals surface area (Å²) in [7, 11) is 3.51. The molecule has 2 heterocycles. The number of piperidine rings is 1. The summed E-state index contributed by atoms with van der Waals surface area (Å²) < 4.78 is 12.6. The van der Waals surface area contributed by atoms with Crippen molar-refractivity contribution in [2.45, 2.75) is 76.0 Å². The lowest BCUT2D eigenvalue weighted by Gasteiger charge is -2.60. The molecule has 2 aromatic rings. The number of amides is 1. The fourth-order valence-electron chi connectivity index (χ4n) is 8.24. The second-order valence-electron chi connectivity index (χ2n) is 12.5. The number of hydrogen-bond donors (Lipinski definition) is 1. The third kappa shape index (κ3) is 3.69. The topological polar surface area (TPSA) is 62.2 Å². The van der Waals surface area contributed by atoms with Crippen LogP contribution >= 0.6 is 0 Å². The van der Waals surface area contributed by atoms with E-state index in [9.17, 15) is 9.90 Å². The summed E-state index contributed by atoms with van der Waals surface area (Å²) >= 11 is 0. The zero-order valence-electron chi connectivity index (χ0n) is 23.4. The number of likely N-dealkylation sites (tertiary alicyclic amines) is 1. The molecule has 204 valence electrons. The van der Waals surface area contributed by atoms with Crippen molar-refractivity contribution in [1.82, 2.24) is 9.80 Å². The van der Waals surface area contributed by atoms with Gasteiger partial charge in [0.2, 0.25) is 0 Å². The Balaban J connectivity index is 1.25. The van der Waals surface area contributed by atoms with Gasteiger partial charge in [-0.25, -0.2) is 0 Å². The number of ether oxygens (including phenoxy) is 2. The molecule has 2 bridgehead atoms. The van der Waals surface area contributed by atoms with E-state index in [2.05, 4.69) is 30.6 Å². The lowest BCUT2D eigenvalue weighted by Crippen LogP contribution is -2.69. The summed E-state index contributed by atoms with van der Waals surface area (Å²) in [6.07, 6.45) is 6.26. The molecular formula is C33H38N2O4. The number of benzene rings is 2. The molecule has 6 heteroatoms. The average Bonchev–Trinajstić information content (AvgIpc) is 3.69. The molecule has 2 aliphatic heterocycles. The van der Waals surface area contributed by atoms with Crippen molar-refractivity contribution in [1.29, 1.82) is 0 Å². The second-order valence-corrected chi connectivity index (χ2v) is 12.5. The first-order chi connectivity index (χ1) is 18.8. The first kappa shape index (κ1) is 24.8. The molecule has 5 aliphatic rings. The SMILES string of the molecule is COc1cc(O)c2c3c1O[C@H]1[C@@H](N(C)C(=O)C#Cc4ccc(C)c(C)c4)CC[C@H]4[C@@H](C2)N(CC2CC2)CC[C@@]341. The Bertz CT molecular complexity index is 1420. The van der Waals surface area contributed by atoms with Gasteiger partial charge < -0.3 is 19.5 Å². The van der Waals surface area contributed by atoms with Crippen LogP contribution in [0.25, 0.3) is 0 Å². The molecule has 2 saturated carbocycles. The summed E-state index contributed by atoms with van der Waals surface area (Å²) in [6.45, 7) is 6.34. The predicted octanol–water partition coefficient (Wildman–Crippen LogP) is 4.35. The van der Waals surface area contributed by atoms with Gasteiger partial charge in [-0.1, -0.05) is 12.0 Å². The van der Waals surface area contributed by atoms with E-state index in [-0.39, 0.29) is 23.5 Å². The number of likely N-dealkylation sites (N-methyl/N-ethyl adjacent to an activating group) is 1. The van der Waals surface area contributed by atoms with Crippen LogP contribution in [0, 0.1) is 37.5 Å². The Hall–Kier alpha value is -3.17. The number of methoxy groups -OCH3 is 1. The van der Waals surface area contributed by atoms with E-state index in [1.165, 1.54) is 24.0 Å². The minimum absolute atomic E-state index is 0.0939. The molecule has 6 nitrogen and oxygen atoms in total. The fourth-order valence-corrected chi connectivity index (χ4v) is 8.24. The maximum absolute atomic E-state index is 13.4. The van der Waals surface area contributed by atoms with Gasteiger partial charge in [0.25, 0.3) is 5.91 Å². The monoisotopic (exact) mass is 526 g/mol. The summed E-state index contributed by atoms with van der Waals surface area (Å²) in [5.74, 6) is 8.78. The predicted molar refractivity (Wildman–Crippen MR) is 149 cm³/mol. The summed E-state index contributed by atoms with van der Waals surface area (Å²) in [5.41, 5.74) is 5.20. The number of phenolic OH excluding ortho intramolecular Hbond substituents is 1. The lowest BCUT2D eigenvalue weighted by atomic mass is 9.50. The molecule has 1 amide bonds. The van der Waals surface area contributed by atoms with E-state index in [0.717, 1.165) is 67.1 Å². The van der Waals surface area contributed by atoms with Crippen molar-refractivity contribution >= 4 is 5.91 Å². The van der Waals surface area contributed by atoms with Gasteiger partial charge >= 0.3 is 0 Å². The van der Waals surface area contributed by atoms with Crippen LogP contribution in [-0.4, -0.2) is 66.2 Å². The number of phenols is 1. The molecule has 0 radical (unpaired) electrons. The molecule has 2 aromatic carbocycles. The van der Waals surface area contributed by atoms with Gasteiger partial charge in [0.05, 0.1) is 13.2 Å². The molecule has 3 fully saturated rings. The Labute approximate surface area is 231 Å². The van der Waals surface area contributed by atoms with Crippen LogP contribution in [0.3, 0.4) is 0 Å². The van der Waals surface area contributed by atoms with Gasteiger partial charge in [-0.05, 0) is 94.0 Å². The average molecular weight is 527 g/mol. The molecule has 0 unspecified atom stereocenters. The van der Waals surface area contributed by atoms with Crippen LogP contribution in [0.2, 0.25) is 0 Å². The van der Waals surface area contributed by atoms with Crippen molar-refractivity contribution < 1.29 is 19.4 Å². The number of rotatable bonds is 4. The standard InChI is InChI=1S/C33H38N2O4/c1-19-5-6-21(15-20(19)2)9-12-29(37)34(3)25-11-10-24-26-16-23-27(36)17-28(38-4)31-30(23)33(24,32(25)39-31)13-14-35(26)18-22-7-8-22/h5-6,15,17,22,24-26,32,36H,7-8,10-11,13-14,16,18H2,1-4H3/t24-,25-,26+,32-,33-/m0/s1. The molecule has 1 N–H and O–H groups in total. The van der Waals surface area contributed by atoms with Crippen LogP contribution in [0.4, 0.5) is 0 Å². The molecule has 39 heavy (non-hydrogen) atoms. The van der Waals surface area contributed by atoms with Crippen molar-refractivity contribution in [3.63, 3.8) is 0 Å². The van der Waals surface area contributed by atoms with E-state index in [4.69, 9.17) is 9.47 Å². The normalized spacial score (nSPS) is 30.1. The Morgan fingerprint density at radius 2 is 2.03 bits per heavy atom. The van der Waals surface area contributed by atoms with Gasteiger partial charge in [-0.15, -0.1) is 0 Å². The van der Waals surface area contributed by atoms with Crippen LogP contribution in [0.5, 0.6) is 17.2 Å². The van der Waals surface area contributed by atoms with Crippen LogP contribution in [0.15, 0.2) is 24.3 Å². The first-order valence-corrected chi connectivity index (χ1v) is 14.5. The highest BCUT2D eigenvalue weighted by atomic mass is 16.5. The maximum Gasteiger partial charge on any atom is 0.298 e. The first-order valence-electron chi connectivity index (χ1n) is 14.5. The van der Waals surface area contributed by atoms with Crippen molar-refractivity contribution in [3.8, 4) is 29.1 Å². The van der Waals surface area contributed by atoms with E-state index >= 15 is 0 Å². The molecule has 7 rings (SSSR count). The number of carbonyl (C=O) groups excluding carboxylic acids is 1. The van der Waals surface area contributed by atoms with Gasteiger partial charge in [-0.2, -0.15) is 0 Å². The van der Waals surface area contributed by atoms with Gasteiger partial charge in [-0.3, -0.25) is 9.69 Å². The van der Waals surface area contributed by atoms with Crippen LogP contribution in [-0.2, 0) is 16.6 Å². The Kier molecular flexibility index (Phi) is 5.68. The lowest BCUT2D eigenvalue weighted by molar-refractivity contribution is -0.134. The summed E-state index contributed by atoms with van der Waals surface area (Å²) in [5, 5.41) is 11.2. The molecular weight excluding hydrogens is 488 g/mol. The van der Waals surface area contributed by atoms with Gasteiger partial charge in [0, 0.05) is 53.7 Å². The minimum Gasteiger partial charge on any atom is -0.508 e. The Morgan fingerprint density at radius 1 is 1.21 bits per heavy atom. The number of aryl methyl sites for hydroxylation is 2. The van der Waals surface area contributed by atoms with E-state index in [0.29, 0.717) is 23.5 Å². The second kappa shape index (κ2) is 8.93. The minimum atomic E-state index is -0.224. The van der Waals surface area contributed by atoms with Crippen LogP contribution < -0.4 is 9.47 Å². The van der Waals surface area contributed by atoms with E-state index in [1.807, 2.05) is 30.1 Å². The smallest absolute Gasteiger partial charge is 0.298 e. The molecule has 0 aromatic heterocycles. The van der Waals surface area contributed by atoms with Gasteiger partial charge in [0.15, 0.2) is 11.5 Å². The highest BCUT2D eigenvalue weighted by Crippen LogP contribution is 2.65. The number of aromatic hydroxyl groups is 1. The number of carbonyl (C=O) groups is 1. The highest BCUT2D eigenvalue weighted by molar-refractivity contribution is 5.94. The van der Waals surface area contributed by atoms with E-state index < -0.39 is 0 Å². The van der Waals surface area contributed by atoms with Crippen molar-refractivity contribution in [2.75, 3.05) is 27.2 Å². The third-order valence-corrected chi connectivity index (χ3v) is 10.5. The Morgan fingerprint density at radius 3 is 2.77 bits per heavy atom. The molecule has 5 atom stereocenters. The number of nitrogens with zero attached hydrogens (tertiary/aromatic N) is 2. The zero-order valence-corrected chi connectivity index (χ0v) is 23.4. The van der Waals surface area contributed by atoms with Crippen molar-refractivity contribution in [3.05, 3.63) is 52.1 Å². The summed E-state index contributed by atoms with van der Waals surface area (Å²) in [6, 6.07) is 8.09. The van der Waals surface area contributed by atoms with Crippen LogP contribution in [0.1, 0.15) is 59.9 Å². The number of hydrogen-bond acceptors (Lipinski definition) is 5. The highest BCUT2D eigenvalue weighted by Gasteiger charge is 2.67. The van der Waals surface area contributed by atoms with Crippen molar-refractivity contribution in [2.24, 2.45) is 11.8 Å². The van der Waals surface area contributed by atoms with E-state index in [1.54, 1.807) is 13.2 Å². The third-order valence-electron chi connectivity index (χ3n) is 10.5. The van der Waals surface area contributed by atoms with Gasteiger partial charge in [0.1, 0.15) is 11.9 Å². The fraction of sp³-hybridized carbons (Fsp3) is 0.545. The molecule has 1 spiro atoms. The largest absolute Gasteiger partial charge is 0.508 e.